The summed E-state index contributed by atoms with van der Waals surface area (Å²) in [5.74, 6) is -0.680. The van der Waals surface area contributed by atoms with Crippen molar-refractivity contribution in [1.29, 1.82) is 0 Å². The van der Waals surface area contributed by atoms with Crippen LogP contribution in [0.2, 0.25) is 10.0 Å². The largest absolute Gasteiger partial charge is 0.366 e. The van der Waals surface area contributed by atoms with Gasteiger partial charge in [0.1, 0.15) is 5.82 Å². The van der Waals surface area contributed by atoms with Gasteiger partial charge in [-0.15, -0.1) is 0 Å². The highest BCUT2D eigenvalue weighted by Crippen LogP contribution is 2.29. The normalized spacial score (nSPS) is 18.5. The first kappa shape index (κ1) is 24.3. The minimum atomic E-state index is -3.60. The second-order valence-corrected chi connectivity index (χ2v) is 11.2. The highest BCUT2D eigenvalue weighted by molar-refractivity contribution is 7.88. The predicted octanol–water partition coefficient (Wildman–Crippen LogP) is 4.02. The monoisotopic (exact) mass is 513 g/mol. The number of hydrogen-bond acceptors (Lipinski definition) is 4. The van der Waals surface area contributed by atoms with Crippen LogP contribution < -0.4 is 4.90 Å². The van der Waals surface area contributed by atoms with Gasteiger partial charge < -0.3 is 9.80 Å². The number of carbonyl (C=O) groups is 1. The van der Waals surface area contributed by atoms with Gasteiger partial charge in [-0.3, -0.25) is 4.79 Å². The lowest BCUT2D eigenvalue weighted by molar-refractivity contribution is -0.137. The van der Waals surface area contributed by atoms with Gasteiger partial charge in [-0.1, -0.05) is 41.4 Å². The zero-order valence-corrected chi connectivity index (χ0v) is 20.4. The number of benzene rings is 2. The Morgan fingerprint density at radius 2 is 1.52 bits per heavy atom. The second kappa shape index (κ2) is 10.2. The molecule has 33 heavy (non-hydrogen) atoms. The van der Waals surface area contributed by atoms with Crippen LogP contribution in [-0.4, -0.2) is 62.8 Å². The van der Waals surface area contributed by atoms with Crippen molar-refractivity contribution in [2.45, 2.75) is 18.6 Å². The summed E-state index contributed by atoms with van der Waals surface area (Å²) in [6, 6.07) is 11.6. The van der Waals surface area contributed by atoms with E-state index in [2.05, 4.69) is 0 Å². The lowest BCUT2D eigenvalue weighted by Crippen LogP contribution is -2.52. The van der Waals surface area contributed by atoms with Gasteiger partial charge in [-0.2, -0.15) is 0 Å². The third-order valence-electron chi connectivity index (χ3n) is 6.37. The Labute approximate surface area is 203 Å². The fraction of sp³-hybridized carbons (Fsp3) is 0.435. The molecule has 2 heterocycles. The second-order valence-electron chi connectivity index (χ2n) is 8.39. The van der Waals surface area contributed by atoms with Crippen LogP contribution in [0, 0.1) is 11.7 Å². The zero-order chi connectivity index (χ0) is 23.6. The Kier molecular flexibility index (Phi) is 7.48. The molecule has 4 rings (SSSR count). The molecule has 0 aromatic heterocycles. The van der Waals surface area contributed by atoms with E-state index in [1.165, 1.54) is 10.4 Å². The first-order chi connectivity index (χ1) is 15.8. The maximum Gasteiger partial charge on any atom is 0.225 e. The summed E-state index contributed by atoms with van der Waals surface area (Å²) in [5.41, 5.74) is 0.952. The van der Waals surface area contributed by atoms with Gasteiger partial charge in [-0.25, -0.2) is 17.1 Å². The quantitative estimate of drug-likeness (QED) is 0.605. The molecule has 0 radical (unpaired) electrons. The highest BCUT2D eigenvalue weighted by Gasteiger charge is 2.34. The summed E-state index contributed by atoms with van der Waals surface area (Å²) in [6.07, 6.45) is 0.948. The third kappa shape index (κ3) is 5.45. The number of sulfonamides is 1. The van der Waals surface area contributed by atoms with Gasteiger partial charge >= 0.3 is 0 Å². The molecule has 0 bridgehead atoms. The van der Waals surface area contributed by atoms with Gasteiger partial charge in [0.2, 0.25) is 15.9 Å². The number of halogens is 3. The van der Waals surface area contributed by atoms with Crippen LogP contribution in [-0.2, 0) is 20.6 Å². The standard InChI is InChI=1S/C23H26Cl2FN3O3S/c24-19-4-3-5-20(25)18(19)16-33(31,32)29-10-8-17(9-11-29)23(30)28-14-12-27(13-15-28)22-7-2-1-6-21(22)26/h1-7,17H,8-16H2. The summed E-state index contributed by atoms with van der Waals surface area (Å²) in [7, 11) is -3.60. The van der Waals surface area contributed by atoms with Crippen LogP contribution in [0.25, 0.3) is 0 Å². The van der Waals surface area contributed by atoms with E-state index in [0.717, 1.165) is 0 Å². The molecule has 0 unspecified atom stereocenters. The van der Waals surface area contributed by atoms with Gasteiger partial charge in [0, 0.05) is 60.8 Å². The van der Waals surface area contributed by atoms with Crippen LogP contribution in [0.15, 0.2) is 42.5 Å². The van der Waals surface area contributed by atoms with E-state index in [4.69, 9.17) is 23.2 Å². The Balaban J connectivity index is 1.31. The van der Waals surface area contributed by atoms with Crippen LogP contribution in [0.4, 0.5) is 10.1 Å². The van der Waals surface area contributed by atoms with E-state index in [0.29, 0.717) is 60.3 Å². The number of hydrogen-bond donors (Lipinski definition) is 0. The molecule has 0 N–H and O–H groups in total. The van der Waals surface area contributed by atoms with Crippen molar-refractivity contribution in [3.63, 3.8) is 0 Å². The van der Waals surface area contributed by atoms with E-state index in [-0.39, 0.29) is 36.5 Å². The molecule has 2 aliphatic rings. The summed E-state index contributed by atoms with van der Waals surface area (Å²) in [6.45, 7) is 2.76. The summed E-state index contributed by atoms with van der Waals surface area (Å²) in [5, 5.41) is 0.649. The first-order valence-corrected chi connectivity index (χ1v) is 13.3. The van der Waals surface area contributed by atoms with Crippen molar-refractivity contribution >= 4 is 44.8 Å². The molecule has 178 valence electrons. The topological polar surface area (TPSA) is 60.9 Å². The lowest BCUT2D eigenvalue weighted by atomic mass is 9.96. The molecular weight excluding hydrogens is 488 g/mol. The number of para-hydroxylation sites is 1. The Morgan fingerprint density at radius 1 is 0.909 bits per heavy atom. The molecule has 10 heteroatoms. The minimum absolute atomic E-state index is 0.0504. The average Bonchev–Trinajstić information content (AvgIpc) is 2.82. The van der Waals surface area contributed by atoms with Crippen molar-refractivity contribution < 1.29 is 17.6 Å². The first-order valence-electron chi connectivity index (χ1n) is 11.0. The van der Waals surface area contributed by atoms with Gasteiger partial charge in [0.15, 0.2) is 0 Å². The molecular formula is C23H26Cl2FN3O3S. The molecule has 6 nitrogen and oxygen atoms in total. The third-order valence-corrected chi connectivity index (χ3v) is 8.88. The molecule has 0 atom stereocenters. The predicted molar refractivity (Wildman–Crippen MR) is 129 cm³/mol. The van der Waals surface area contributed by atoms with Crippen LogP contribution >= 0.6 is 23.2 Å². The number of rotatable bonds is 5. The van der Waals surface area contributed by atoms with Crippen molar-refractivity contribution in [3.8, 4) is 0 Å². The summed E-state index contributed by atoms with van der Waals surface area (Å²) in [4.78, 5) is 16.8. The van der Waals surface area contributed by atoms with E-state index in [9.17, 15) is 17.6 Å². The summed E-state index contributed by atoms with van der Waals surface area (Å²) >= 11 is 12.3. The molecule has 2 aromatic rings. The van der Waals surface area contributed by atoms with Crippen molar-refractivity contribution in [2.75, 3.05) is 44.2 Å². The Bertz CT molecular complexity index is 1100. The number of piperidine rings is 1. The van der Waals surface area contributed by atoms with E-state index < -0.39 is 10.0 Å². The van der Waals surface area contributed by atoms with Crippen LogP contribution in [0.5, 0.6) is 0 Å². The summed E-state index contributed by atoms with van der Waals surface area (Å²) < 4.78 is 41.3. The molecule has 2 saturated heterocycles. The fourth-order valence-electron chi connectivity index (χ4n) is 4.46. The SMILES string of the molecule is O=C(C1CCN(S(=O)(=O)Cc2c(Cl)cccc2Cl)CC1)N1CCN(c2ccccc2F)CC1. The molecule has 0 aliphatic carbocycles. The maximum absolute atomic E-state index is 14.0. The van der Waals surface area contributed by atoms with E-state index in [1.807, 2.05) is 9.80 Å². The highest BCUT2D eigenvalue weighted by atomic mass is 35.5. The molecule has 2 aliphatic heterocycles. The minimum Gasteiger partial charge on any atom is -0.366 e. The molecule has 2 fully saturated rings. The fourth-order valence-corrected chi connectivity index (χ4v) is 6.77. The number of amides is 1. The number of carbonyl (C=O) groups excluding carboxylic acids is 1. The molecule has 2 aromatic carbocycles. The lowest BCUT2D eigenvalue weighted by Gasteiger charge is -2.39. The van der Waals surface area contributed by atoms with E-state index in [1.54, 1.807) is 36.4 Å². The van der Waals surface area contributed by atoms with Gasteiger partial charge in [0.05, 0.1) is 11.4 Å². The number of piperazine rings is 1. The molecule has 0 spiro atoms. The average molecular weight is 514 g/mol. The van der Waals surface area contributed by atoms with Crippen LogP contribution in [0.1, 0.15) is 18.4 Å². The zero-order valence-electron chi connectivity index (χ0n) is 18.1. The number of nitrogens with zero attached hydrogens (tertiary/aromatic N) is 3. The molecule has 1 amide bonds. The van der Waals surface area contributed by atoms with Crippen molar-refractivity contribution in [3.05, 3.63) is 63.9 Å². The van der Waals surface area contributed by atoms with E-state index >= 15 is 0 Å². The van der Waals surface area contributed by atoms with Crippen LogP contribution in [0.3, 0.4) is 0 Å². The number of anilines is 1. The molecule has 0 saturated carbocycles. The van der Waals surface area contributed by atoms with Gasteiger partial charge in [-0.05, 0) is 37.1 Å². The van der Waals surface area contributed by atoms with Crippen molar-refractivity contribution in [2.24, 2.45) is 5.92 Å². The van der Waals surface area contributed by atoms with Gasteiger partial charge in [0.25, 0.3) is 0 Å². The Hall–Kier alpha value is -1.87. The maximum atomic E-state index is 14.0. The van der Waals surface area contributed by atoms with Crippen molar-refractivity contribution in [1.82, 2.24) is 9.21 Å². The smallest absolute Gasteiger partial charge is 0.225 e. The Morgan fingerprint density at radius 3 is 2.12 bits per heavy atom.